The standard InChI is InChI=1S/C8H9N3O2/c1-10-8-3-2-7(11(12)13)4-6(8)5-9-10/h2-5,8-9H,1H3/t8-/m1/s1. The fraction of sp³-hybridized carbons (Fsp3) is 0.250. The minimum Gasteiger partial charge on any atom is -0.325 e. The van der Waals surface area contributed by atoms with Gasteiger partial charge in [-0.3, -0.25) is 10.1 Å². The maximum absolute atomic E-state index is 10.4. The van der Waals surface area contributed by atoms with E-state index in [1.54, 1.807) is 12.3 Å². The van der Waals surface area contributed by atoms with Crippen LogP contribution in [0.3, 0.4) is 0 Å². The molecule has 0 saturated carbocycles. The number of hydrazine groups is 1. The summed E-state index contributed by atoms with van der Waals surface area (Å²) < 4.78 is 0. The Labute approximate surface area is 75.1 Å². The van der Waals surface area contributed by atoms with Gasteiger partial charge in [0, 0.05) is 25.4 Å². The molecule has 68 valence electrons. The van der Waals surface area contributed by atoms with Crippen LogP contribution in [-0.4, -0.2) is 23.0 Å². The maximum Gasteiger partial charge on any atom is 0.269 e. The molecular formula is C8H9N3O2. The first-order valence-electron chi connectivity index (χ1n) is 3.92. The largest absolute Gasteiger partial charge is 0.325 e. The average Bonchev–Trinajstić information content (AvgIpc) is 2.47. The van der Waals surface area contributed by atoms with Crippen molar-refractivity contribution >= 4 is 0 Å². The molecular weight excluding hydrogens is 170 g/mol. The van der Waals surface area contributed by atoms with E-state index in [1.807, 2.05) is 18.1 Å². The molecule has 0 radical (unpaired) electrons. The molecule has 1 aliphatic heterocycles. The van der Waals surface area contributed by atoms with Gasteiger partial charge in [-0.1, -0.05) is 6.08 Å². The molecule has 0 aromatic heterocycles. The maximum atomic E-state index is 10.4. The number of hydrogen-bond donors (Lipinski definition) is 1. The Balaban J connectivity index is 2.29. The van der Waals surface area contributed by atoms with Crippen LogP contribution in [0.25, 0.3) is 0 Å². The predicted octanol–water partition coefficient (Wildman–Crippen LogP) is 0.419. The Morgan fingerprint density at radius 3 is 3.15 bits per heavy atom. The van der Waals surface area contributed by atoms with E-state index in [1.165, 1.54) is 6.08 Å². The summed E-state index contributed by atoms with van der Waals surface area (Å²) in [5.41, 5.74) is 4.04. The molecule has 0 aromatic rings. The van der Waals surface area contributed by atoms with Crippen LogP contribution in [0.15, 0.2) is 35.7 Å². The molecule has 1 atom stereocenters. The monoisotopic (exact) mass is 179 g/mol. The van der Waals surface area contributed by atoms with E-state index in [4.69, 9.17) is 0 Å². The van der Waals surface area contributed by atoms with Crippen molar-refractivity contribution in [3.63, 3.8) is 0 Å². The van der Waals surface area contributed by atoms with E-state index < -0.39 is 0 Å². The third-order valence-electron chi connectivity index (χ3n) is 2.17. The van der Waals surface area contributed by atoms with Gasteiger partial charge in [0.2, 0.25) is 0 Å². The van der Waals surface area contributed by atoms with Gasteiger partial charge in [-0.25, -0.2) is 5.01 Å². The van der Waals surface area contributed by atoms with Crippen molar-refractivity contribution in [1.29, 1.82) is 0 Å². The molecule has 13 heavy (non-hydrogen) atoms. The first-order chi connectivity index (χ1) is 6.18. The summed E-state index contributed by atoms with van der Waals surface area (Å²) in [4.78, 5) is 10.1. The normalized spacial score (nSPS) is 26.1. The Hall–Kier alpha value is -1.62. The van der Waals surface area contributed by atoms with Gasteiger partial charge in [0.05, 0.1) is 11.0 Å². The topological polar surface area (TPSA) is 58.4 Å². The molecule has 1 N–H and O–H groups in total. The first-order valence-corrected chi connectivity index (χ1v) is 3.92. The predicted molar refractivity (Wildman–Crippen MR) is 47.0 cm³/mol. The van der Waals surface area contributed by atoms with Crippen molar-refractivity contribution in [2.24, 2.45) is 0 Å². The number of fused-ring (bicyclic) bond motifs is 1. The number of nitro groups is 1. The van der Waals surface area contributed by atoms with Gasteiger partial charge in [-0.15, -0.1) is 0 Å². The van der Waals surface area contributed by atoms with Crippen molar-refractivity contribution in [2.75, 3.05) is 7.05 Å². The molecule has 2 aliphatic rings. The molecule has 0 spiro atoms. The van der Waals surface area contributed by atoms with Crippen LogP contribution in [0.4, 0.5) is 0 Å². The molecule has 1 aliphatic carbocycles. The third-order valence-corrected chi connectivity index (χ3v) is 2.17. The quantitative estimate of drug-likeness (QED) is 0.468. The molecule has 2 rings (SSSR count). The highest BCUT2D eigenvalue weighted by Gasteiger charge is 2.26. The molecule has 0 saturated heterocycles. The van der Waals surface area contributed by atoms with Gasteiger partial charge >= 0.3 is 0 Å². The highest BCUT2D eigenvalue weighted by molar-refractivity contribution is 5.40. The summed E-state index contributed by atoms with van der Waals surface area (Å²) in [6.45, 7) is 0. The van der Waals surface area contributed by atoms with E-state index >= 15 is 0 Å². The van der Waals surface area contributed by atoms with Crippen LogP contribution < -0.4 is 5.43 Å². The zero-order valence-electron chi connectivity index (χ0n) is 7.10. The minimum absolute atomic E-state index is 0.128. The average molecular weight is 179 g/mol. The zero-order valence-corrected chi connectivity index (χ0v) is 7.10. The second-order valence-corrected chi connectivity index (χ2v) is 3.01. The van der Waals surface area contributed by atoms with Crippen LogP contribution in [0, 0.1) is 10.1 Å². The molecule has 0 aromatic carbocycles. The summed E-state index contributed by atoms with van der Waals surface area (Å²) in [6, 6.07) is 0.128. The molecule has 0 bridgehead atoms. The number of rotatable bonds is 1. The number of likely N-dealkylation sites (N-methyl/N-ethyl adjacent to an activating group) is 1. The molecule has 0 amide bonds. The van der Waals surface area contributed by atoms with Crippen molar-refractivity contribution < 1.29 is 4.92 Å². The van der Waals surface area contributed by atoms with Crippen molar-refractivity contribution in [3.05, 3.63) is 45.8 Å². The lowest BCUT2D eigenvalue weighted by atomic mass is 10.0. The van der Waals surface area contributed by atoms with Gasteiger partial charge in [0.1, 0.15) is 0 Å². The Morgan fingerprint density at radius 2 is 2.46 bits per heavy atom. The van der Waals surface area contributed by atoms with Crippen LogP contribution in [-0.2, 0) is 0 Å². The Bertz CT molecular complexity index is 343. The van der Waals surface area contributed by atoms with Crippen molar-refractivity contribution in [2.45, 2.75) is 6.04 Å². The highest BCUT2D eigenvalue weighted by atomic mass is 16.6. The van der Waals surface area contributed by atoms with Gasteiger partial charge in [0.15, 0.2) is 0 Å². The van der Waals surface area contributed by atoms with Crippen LogP contribution >= 0.6 is 0 Å². The first kappa shape index (κ1) is 8.00. The van der Waals surface area contributed by atoms with E-state index in [9.17, 15) is 10.1 Å². The summed E-state index contributed by atoms with van der Waals surface area (Å²) in [5, 5.41) is 12.3. The summed E-state index contributed by atoms with van der Waals surface area (Å²) in [5.74, 6) is 0. The molecule has 1 heterocycles. The third kappa shape index (κ3) is 1.23. The fourth-order valence-electron chi connectivity index (χ4n) is 1.46. The van der Waals surface area contributed by atoms with E-state index in [-0.39, 0.29) is 16.7 Å². The zero-order chi connectivity index (χ0) is 9.42. The van der Waals surface area contributed by atoms with Crippen LogP contribution in [0.1, 0.15) is 0 Å². The molecule has 5 heteroatoms. The van der Waals surface area contributed by atoms with Gasteiger partial charge in [-0.05, 0) is 5.57 Å². The number of nitrogens with zero attached hydrogens (tertiary/aromatic N) is 2. The molecule has 5 nitrogen and oxygen atoms in total. The fourth-order valence-corrected chi connectivity index (χ4v) is 1.46. The minimum atomic E-state index is -0.383. The van der Waals surface area contributed by atoms with Gasteiger partial charge < -0.3 is 5.43 Å². The van der Waals surface area contributed by atoms with Crippen LogP contribution in [0.2, 0.25) is 0 Å². The Kier molecular flexibility index (Phi) is 1.66. The second-order valence-electron chi connectivity index (χ2n) is 3.01. The van der Waals surface area contributed by atoms with Gasteiger partial charge in [-0.2, -0.15) is 0 Å². The second kappa shape index (κ2) is 2.70. The number of hydrogen-bond acceptors (Lipinski definition) is 4. The molecule has 0 unspecified atom stereocenters. The van der Waals surface area contributed by atoms with Crippen molar-refractivity contribution in [3.8, 4) is 0 Å². The van der Waals surface area contributed by atoms with Crippen molar-refractivity contribution in [1.82, 2.24) is 10.4 Å². The highest BCUT2D eigenvalue weighted by Crippen LogP contribution is 2.22. The van der Waals surface area contributed by atoms with Gasteiger partial charge in [0.25, 0.3) is 5.70 Å². The SMILES string of the molecule is CN1NC=C2C=C([N+](=O)[O-])C=C[C@H]21. The van der Waals surface area contributed by atoms with E-state index in [2.05, 4.69) is 5.43 Å². The number of allylic oxidation sites excluding steroid dienone is 1. The summed E-state index contributed by atoms with van der Waals surface area (Å²) in [7, 11) is 1.89. The lowest BCUT2D eigenvalue weighted by Crippen LogP contribution is -2.33. The Morgan fingerprint density at radius 1 is 1.69 bits per heavy atom. The van der Waals surface area contributed by atoms with E-state index in [0.717, 1.165) is 5.57 Å². The summed E-state index contributed by atoms with van der Waals surface area (Å²) in [6.07, 6.45) is 6.70. The lowest BCUT2D eigenvalue weighted by molar-refractivity contribution is -0.419. The number of nitrogens with one attached hydrogen (secondary N) is 1. The smallest absolute Gasteiger partial charge is 0.269 e. The molecule has 0 fully saturated rings. The van der Waals surface area contributed by atoms with Crippen LogP contribution in [0.5, 0.6) is 0 Å². The summed E-state index contributed by atoms with van der Waals surface area (Å²) >= 11 is 0. The van der Waals surface area contributed by atoms with E-state index in [0.29, 0.717) is 0 Å². The lowest BCUT2D eigenvalue weighted by Gasteiger charge is -2.19.